The third-order valence-corrected chi connectivity index (χ3v) is 8.32. The zero-order valence-corrected chi connectivity index (χ0v) is 20.0. The summed E-state index contributed by atoms with van der Waals surface area (Å²) in [6.07, 6.45) is 5.95. The van der Waals surface area contributed by atoms with Crippen LogP contribution < -0.4 is 5.32 Å². The first-order valence-electron chi connectivity index (χ1n) is 12.0. The van der Waals surface area contributed by atoms with Crippen LogP contribution in [0.1, 0.15) is 47.6 Å². The average molecular weight is 478 g/mol. The van der Waals surface area contributed by atoms with Crippen molar-refractivity contribution in [3.8, 4) is 11.1 Å². The lowest BCUT2D eigenvalue weighted by Gasteiger charge is -2.23. The quantitative estimate of drug-likeness (QED) is 0.414. The first-order chi connectivity index (χ1) is 16.6. The Kier molecular flexibility index (Phi) is 5.63. The van der Waals surface area contributed by atoms with E-state index < -0.39 is 0 Å². The minimum Gasteiger partial charge on any atom is -0.381 e. The number of hydrogen-bond donors (Lipinski definition) is 1. The summed E-state index contributed by atoms with van der Waals surface area (Å²) >= 11 is 1.62. The van der Waals surface area contributed by atoms with Crippen LogP contribution in [0, 0.1) is 5.82 Å². The third kappa shape index (κ3) is 3.91. The second kappa shape index (κ2) is 8.80. The van der Waals surface area contributed by atoms with E-state index in [1.54, 1.807) is 17.4 Å². The highest BCUT2D eigenvalue weighted by atomic mass is 32.1. The zero-order chi connectivity index (χ0) is 23.2. The van der Waals surface area contributed by atoms with Crippen LogP contribution in [0.4, 0.5) is 4.39 Å². The summed E-state index contributed by atoms with van der Waals surface area (Å²) in [5.74, 6) is -0.213. The second-order valence-electron chi connectivity index (χ2n) is 9.46. The van der Waals surface area contributed by atoms with Gasteiger partial charge < -0.3 is 14.5 Å². The fourth-order valence-corrected chi connectivity index (χ4v) is 6.44. The summed E-state index contributed by atoms with van der Waals surface area (Å²) in [4.78, 5) is 16.1. The number of thiazole rings is 1. The van der Waals surface area contributed by atoms with Crippen LogP contribution in [-0.4, -0.2) is 48.1 Å². The van der Waals surface area contributed by atoms with Crippen molar-refractivity contribution in [3.05, 3.63) is 65.6 Å². The van der Waals surface area contributed by atoms with E-state index >= 15 is 4.39 Å². The van der Waals surface area contributed by atoms with Crippen LogP contribution in [-0.2, 0) is 4.74 Å². The molecule has 0 spiro atoms. The lowest BCUT2D eigenvalue weighted by molar-refractivity contribution is 0.0696. The Balaban J connectivity index is 1.26. The van der Waals surface area contributed by atoms with Crippen LogP contribution in [0.5, 0.6) is 0 Å². The lowest BCUT2D eigenvalue weighted by atomic mass is 10.0. The first-order valence-corrected chi connectivity index (χ1v) is 12.8. The molecule has 5 nitrogen and oxygen atoms in total. The summed E-state index contributed by atoms with van der Waals surface area (Å²) in [5, 5.41) is 3.13. The van der Waals surface area contributed by atoms with Crippen LogP contribution in [0.15, 0.2) is 48.7 Å². The Morgan fingerprint density at radius 3 is 2.74 bits per heavy atom. The van der Waals surface area contributed by atoms with Crippen molar-refractivity contribution in [1.29, 1.82) is 0 Å². The molecule has 0 radical (unpaired) electrons. The van der Waals surface area contributed by atoms with E-state index in [0.29, 0.717) is 30.4 Å². The van der Waals surface area contributed by atoms with Crippen LogP contribution in [0.3, 0.4) is 0 Å². The number of hydrogen-bond acceptors (Lipinski definition) is 4. The molecule has 2 aromatic carbocycles. The maximum Gasteiger partial charge on any atom is 0.251 e. The van der Waals surface area contributed by atoms with E-state index in [2.05, 4.69) is 27.7 Å². The summed E-state index contributed by atoms with van der Waals surface area (Å²) < 4.78 is 23.6. The Hall–Kier alpha value is -2.74. The minimum atomic E-state index is -0.174. The van der Waals surface area contributed by atoms with Gasteiger partial charge in [0.2, 0.25) is 0 Å². The fraction of sp³-hybridized carbons (Fsp3) is 0.370. The van der Waals surface area contributed by atoms with Gasteiger partial charge in [-0.15, -0.1) is 11.3 Å². The molecule has 4 heterocycles. The molecule has 4 aromatic rings. The van der Waals surface area contributed by atoms with E-state index in [4.69, 9.17) is 4.74 Å². The number of ether oxygens (including phenoxy) is 1. The van der Waals surface area contributed by atoms with Crippen molar-refractivity contribution in [2.45, 2.75) is 37.8 Å². The van der Waals surface area contributed by atoms with Gasteiger partial charge in [-0.05, 0) is 75.2 Å². The number of halogens is 1. The molecule has 2 saturated heterocycles. The molecule has 176 valence electrons. The molecule has 6 rings (SSSR count). The number of carbonyl (C=O) groups excluding carboxylic acids is 1. The molecule has 7 heteroatoms. The van der Waals surface area contributed by atoms with Crippen molar-refractivity contribution < 1.29 is 13.9 Å². The standard InChI is InChI=1S/C27H28FN3O2S/c1-30-10-2-3-23(30)17-4-6-21(22(28)13-17)19-15-26-31(16-19)24-7-5-18(14-25(24)34-26)27(32)29-20-8-11-33-12-9-20/h4-7,13-16,20,23H,2-3,8-12H2,1H3,(H,29,32). The number of amides is 1. The number of benzene rings is 2. The molecule has 2 aliphatic rings. The molecule has 1 N–H and O–H groups in total. The normalized spacial score (nSPS) is 19.9. The number of aromatic nitrogens is 1. The molecule has 34 heavy (non-hydrogen) atoms. The Labute approximate surface area is 202 Å². The van der Waals surface area contributed by atoms with Gasteiger partial charge in [0.15, 0.2) is 0 Å². The van der Waals surface area contributed by atoms with E-state index in [9.17, 15) is 4.79 Å². The van der Waals surface area contributed by atoms with Crippen molar-refractivity contribution >= 4 is 32.3 Å². The molecular weight excluding hydrogens is 449 g/mol. The van der Waals surface area contributed by atoms with Gasteiger partial charge in [0.05, 0.1) is 10.2 Å². The smallest absolute Gasteiger partial charge is 0.251 e. The van der Waals surface area contributed by atoms with Gasteiger partial charge in [-0.2, -0.15) is 0 Å². The minimum absolute atomic E-state index is 0.0392. The topological polar surface area (TPSA) is 46.0 Å². The number of carbonyl (C=O) groups is 1. The largest absolute Gasteiger partial charge is 0.381 e. The number of likely N-dealkylation sites (tertiary alicyclic amines) is 1. The number of nitrogens with one attached hydrogen (secondary N) is 1. The van der Waals surface area contributed by atoms with E-state index in [1.165, 1.54) is 0 Å². The van der Waals surface area contributed by atoms with E-state index in [0.717, 1.165) is 58.4 Å². The van der Waals surface area contributed by atoms with Gasteiger partial charge in [-0.1, -0.05) is 12.1 Å². The summed E-state index contributed by atoms with van der Waals surface area (Å²) in [5.41, 5.74) is 4.25. The zero-order valence-electron chi connectivity index (χ0n) is 19.2. The molecule has 0 aliphatic carbocycles. The number of fused-ring (bicyclic) bond motifs is 3. The molecule has 1 unspecified atom stereocenters. The van der Waals surface area contributed by atoms with Gasteiger partial charge in [0.25, 0.3) is 5.91 Å². The molecular formula is C27H28FN3O2S. The SMILES string of the molecule is CN1CCCC1c1ccc(-c2cc3sc4cc(C(=O)NC5CCOCC5)ccc4n3c2)c(F)c1. The van der Waals surface area contributed by atoms with Crippen molar-refractivity contribution in [1.82, 2.24) is 14.6 Å². The highest BCUT2D eigenvalue weighted by molar-refractivity contribution is 7.24. The molecule has 0 saturated carbocycles. The predicted molar refractivity (Wildman–Crippen MR) is 134 cm³/mol. The number of rotatable bonds is 4. The maximum atomic E-state index is 15.1. The third-order valence-electron chi connectivity index (χ3n) is 7.25. The summed E-state index contributed by atoms with van der Waals surface area (Å²) in [7, 11) is 2.11. The van der Waals surface area contributed by atoms with Crippen LogP contribution in [0.25, 0.3) is 26.2 Å². The van der Waals surface area contributed by atoms with Gasteiger partial charge in [0.1, 0.15) is 10.6 Å². The highest BCUT2D eigenvalue weighted by Crippen LogP contribution is 2.36. The van der Waals surface area contributed by atoms with Crippen molar-refractivity contribution in [2.75, 3.05) is 26.8 Å². The van der Waals surface area contributed by atoms with E-state index in [1.807, 2.05) is 36.5 Å². The summed E-state index contributed by atoms with van der Waals surface area (Å²) in [6, 6.07) is 14.0. The van der Waals surface area contributed by atoms with Gasteiger partial charge in [-0.25, -0.2) is 4.39 Å². The highest BCUT2D eigenvalue weighted by Gasteiger charge is 2.24. The van der Waals surface area contributed by atoms with Gasteiger partial charge >= 0.3 is 0 Å². The van der Waals surface area contributed by atoms with Crippen molar-refractivity contribution in [3.63, 3.8) is 0 Å². The summed E-state index contributed by atoms with van der Waals surface area (Å²) in [6.45, 7) is 2.46. The number of nitrogens with zero attached hydrogens (tertiary/aromatic N) is 2. The molecule has 1 amide bonds. The fourth-order valence-electron chi connectivity index (χ4n) is 5.32. The monoisotopic (exact) mass is 477 g/mol. The second-order valence-corrected chi connectivity index (χ2v) is 10.5. The van der Waals surface area contributed by atoms with Crippen LogP contribution in [0.2, 0.25) is 0 Å². The molecule has 0 bridgehead atoms. The first kappa shape index (κ1) is 21.8. The molecule has 1 atom stereocenters. The van der Waals surface area contributed by atoms with E-state index in [-0.39, 0.29) is 17.8 Å². The molecule has 2 aliphatic heterocycles. The average Bonchev–Trinajstić information content (AvgIpc) is 3.53. The molecule has 2 fully saturated rings. The molecule has 2 aromatic heterocycles. The van der Waals surface area contributed by atoms with Crippen LogP contribution >= 0.6 is 11.3 Å². The van der Waals surface area contributed by atoms with Crippen molar-refractivity contribution in [2.24, 2.45) is 0 Å². The van der Waals surface area contributed by atoms with Gasteiger partial charge in [0, 0.05) is 48.2 Å². The maximum absolute atomic E-state index is 15.1. The Morgan fingerprint density at radius 2 is 1.97 bits per heavy atom. The Morgan fingerprint density at radius 1 is 1.12 bits per heavy atom. The predicted octanol–water partition coefficient (Wildman–Crippen LogP) is 5.64. The lowest BCUT2D eigenvalue weighted by Crippen LogP contribution is -2.38. The van der Waals surface area contributed by atoms with Gasteiger partial charge in [-0.3, -0.25) is 9.69 Å². The Bertz CT molecular complexity index is 1370.